The summed E-state index contributed by atoms with van der Waals surface area (Å²) in [5, 5.41) is 0. The van der Waals surface area contributed by atoms with Crippen molar-refractivity contribution in [3.05, 3.63) is 23.3 Å². The molecule has 0 saturated heterocycles. The molecule has 52 heavy (non-hydrogen) atoms. The van der Waals surface area contributed by atoms with E-state index in [1.165, 1.54) is 116 Å². The van der Waals surface area contributed by atoms with Gasteiger partial charge in [-0.15, -0.1) is 0 Å². The summed E-state index contributed by atoms with van der Waals surface area (Å²) in [6.45, 7) is 13.9. The molecule has 1 rings (SSSR count). The molecule has 0 unspecified atom stereocenters. The number of hydrogen-bond donors (Lipinski definition) is 0. The first-order valence-electron chi connectivity index (χ1n) is 21.5. The van der Waals surface area contributed by atoms with Crippen LogP contribution >= 0.6 is 15.2 Å². The van der Waals surface area contributed by atoms with Crippen LogP contribution in [0.25, 0.3) is 0 Å². The first kappa shape index (κ1) is 49.1. The maximum Gasteiger partial charge on any atom is 0.335 e. The molecular formula is C42H80O8P2. The van der Waals surface area contributed by atoms with E-state index in [0.717, 1.165) is 25.7 Å². The zero-order valence-corrected chi connectivity index (χ0v) is 36.3. The molecular weight excluding hydrogens is 694 g/mol. The fraction of sp³-hybridized carbons (Fsp3) is 0.857. The van der Waals surface area contributed by atoms with E-state index >= 15 is 0 Å². The van der Waals surface area contributed by atoms with Crippen LogP contribution in [0.3, 0.4) is 0 Å². The van der Waals surface area contributed by atoms with Crippen molar-refractivity contribution in [2.24, 2.45) is 0 Å². The number of ether oxygens (including phenoxy) is 2. The maximum absolute atomic E-state index is 13.7. The standard InChI is InChI=1S/C42H80O8P2/c1-7-13-15-17-19-20-21-22-23-24-25-26-27-28-30-32-34-46-42-36-39(37-51(43,47-9-3)48-10-4)41(45-33-31-29-18-16-14-8-2)35-40(42)38-52(44,49-11-5)50-12-6/h35-36H,7-34,37-38H2,1-6H3. The van der Waals surface area contributed by atoms with Crippen molar-refractivity contribution in [3.63, 3.8) is 0 Å². The van der Waals surface area contributed by atoms with E-state index in [1.54, 1.807) is 0 Å². The Hall–Kier alpha value is -0.880. The topological polar surface area (TPSA) is 89.5 Å². The third-order valence-electron chi connectivity index (χ3n) is 9.29. The van der Waals surface area contributed by atoms with E-state index in [-0.39, 0.29) is 38.8 Å². The Balaban J connectivity index is 2.89. The first-order valence-corrected chi connectivity index (χ1v) is 24.9. The summed E-state index contributed by atoms with van der Waals surface area (Å²) in [5.41, 5.74) is 1.40. The molecule has 10 heteroatoms. The van der Waals surface area contributed by atoms with Crippen LogP contribution in [0.5, 0.6) is 11.5 Å². The molecule has 1 aromatic carbocycles. The summed E-state index contributed by atoms with van der Waals surface area (Å²) in [6.07, 6.45) is 28.0. The van der Waals surface area contributed by atoms with Crippen LogP contribution in [0.2, 0.25) is 0 Å². The third-order valence-corrected chi connectivity index (χ3v) is 13.3. The van der Waals surface area contributed by atoms with Gasteiger partial charge in [-0.2, -0.15) is 0 Å². The maximum atomic E-state index is 13.7. The molecule has 1 aromatic rings. The quantitative estimate of drug-likeness (QED) is 0.0485. The number of hydrogen-bond acceptors (Lipinski definition) is 8. The van der Waals surface area contributed by atoms with Crippen molar-refractivity contribution in [2.45, 2.75) is 195 Å². The second kappa shape index (κ2) is 32.4. The summed E-state index contributed by atoms with van der Waals surface area (Å²) in [5.74, 6) is 1.17. The largest absolute Gasteiger partial charge is 0.493 e. The molecule has 0 heterocycles. The molecule has 306 valence electrons. The highest BCUT2D eigenvalue weighted by molar-refractivity contribution is 7.53. The lowest BCUT2D eigenvalue weighted by Gasteiger charge is -2.23. The van der Waals surface area contributed by atoms with Crippen molar-refractivity contribution in [3.8, 4) is 11.5 Å². The predicted octanol–water partition coefficient (Wildman–Crippen LogP) is 14.6. The second-order valence-electron chi connectivity index (χ2n) is 14.0. The Kier molecular flexibility index (Phi) is 30.6. The monoisotopic (exact) mass is 775 g/mol. The highest BCUT2D eigenvalue weighted by atomic mass is 31.2. The Labute approximate surface area is 320 Å². The van der Waals surface area contributed by atoms with Gasteiger partial charge >= 0.3 is 15.2 Å². The van der Waals surface area contributed by atoms with Gasteiger partial charge in [0.15, 0.2) is 0 Å². The van der Waals surface area contributed by atoms with Crippen molar-refractivity contribution in [1.29, 1.82) is 0 Å². The summed E-state index contributed by atoms with van der Waals surface area (Å²) >= 11 is 0. The summed E-state index contributed by atoms with van der Waals surface area (Å²) in [7, 11) is -6.86. The summed E-state index contributed by atoms with van der Waals surface area (Å²) in [6, 6.07) is 3.76. The molecule has 0 saturated carbocycles. The lowest BCUT2D eigenvalue weighted by atomic mass is 10.0. The van der Waals surface area contributed by atoms with Gasteiger partial charge in [-0.05, 0) is 52.7 Å². The van der Waals surface area contributed by atoms with E-state index in [9.17, 15) is 9.13 Å². The van der Waals surface area contributed by atoms with Crippen LogP contribution in [-0.4, -0.2) is 39.6 Å². The zero-order chi connectivity index (χ0) is 38.2. The van der Waals surface area contributed by atoms with Gasteiger partial charge in [0.05, 0.1) is 52.0 Å². The van der Waals surface area contributed by atoms with E-state index in [0.29, 0.717) is 35.8 Å². The molecule has 0 aliphatic carbocycles. The Morgan fingerprint density at radius 3 is 0.885 bits per heavy atom. The van der Waals surface area contributed by atoms with Crippen molar-refractivity contribution in [2.75, 3.05) is 39.6 Å². The van der Waals surface area contributed by atoms with Gasteiger partial charge in [0, 0.05) is 11.1 Å². The van der Waals surface area contributed by atoms with Crippen LogP contribution in [0.15, 0.2) is 12.1 Å². The predicted molar refractivity (Wildman–Crippen MR) is 219 cm³/mol. The Bertz CT molecular complexity index is 1060. The molecule has 0 radical (unpaired) electrons. The Morgan fingerprint density at radius 1 is 0.385 bits per heavy atom. The lowest BCUT2D eigenvalue weighted by Crippen LogP contribution is -2.08. The van der Waals surface area contributed by atoms with E-state index in [4.69, 9.17) is 27.6 Å². The van der Waals surface area contributed by atoms with Gasteiger partial charge in [0.1, 0.15) is 11.5 Å². The zero-order valence-electron chi connectivity index (χ0n) is 34.5. The minimum Gasteiger partial charge on any atom is -0.493 e. The molecule has 0 spiro atoms. The van der Waals surface area contributed by atoms with E-state index < -0.39 is 15.2 Å². The Morgan fingerprint density at radius 2 is 0.635 bits per heavy atom. The average molecular weight is 775 g/mol. The molecule has 0 atom stereocenters. The van der Waals surface area contributed by atoms with Crippen LogP contribution in [0.4, 0.5) is 0 Å². The molecule has 8 nitrogen and oxygen atoms in total. The minimum atomic E-state index is -3.43. The lowest BCUT2D eigenvalue weighted by molar-refractivity contribution is 0.216. The normalized spacial score (nSPS) is 12.1. The molecule has 0 bridgehead atoms. The number of unbranched alkanes of at least 4 members (excludes halogenated alkanes) is 20. The van der Waals surface area contributed by atoms with Crippen LogP contribution in [0, 0.1) is 0 Å². The second-order valence-corrected chi connectivity index (χ2v) is 18.2. The van der Waals surface area contributed by atoms with Gasteiger partial charge < -0.3 is 27.6 Å². The molecule has 0 aliphatic heterocycles. The highest BCUT2D eigenvalue weighted by Gasteiger charge is 2.30. The highest BCUT2D eigenvalue weighted by Crippen LogP contribution is 2.55. The van der Waals surface area contributed by atoms with Crippen LogP contribution in [0.1, 0.15) is 194 Å². The molecule has 0 fully saturated rings. The van der Waals surface area contributed by atoms with Gasteiger partial charge in [0.25, 0.3) is 0 Å². The van der Waals surface area contributed by atoms with E-state index in [2.05, 4.69) is 13.8 Å². The smallest absolute Gasteiger partial charge is 0.335 e. The van der Waals surface area contributed by atoms with Crippen LogP contribution in [-0.2, 0) is 39.5 Å². The SMILES string of the molecule is CCCCCCCCCCCCCCCCCCOc1cc(CP(=O)(OCC)OCC)c(OCCCCCCCC)cc1CP(=O)(OCC)OCC. The van der Waals surface area contributed by atoms with E-state index in [1.807, 2.05) is 39.8 Å². The molecule has 0 aromatic heterocycles. The molecule has 0 amide bonds. The van der Waals surface area contributed by atoms with Gasteiger partial charge in [-0.1, -0.05) is 142 Å². The van der Waals surface area contributed by atoms with Crippen molar-refractivity contribution >= 4 is 15.2 Å². The van der Waals surface area contributed by atoms with Crippen LogP contribution < -0.4 is 9.47 Å². The summed E-state index contributed by atoms with van der Waals surface area (Å²) < 4.78 is 62.9. The van der Waals surface area contributed by atoms with Crippen molar-refractivity contribution in [1.82, 2.24) is 0 Å². The fourth-order valence-electron chi connectivity index (χ4n) is 6.52. The third kappa shape index (κ3) is 23.8. The first-order chi connectivity index (χ1) is 25.3. The molecule has 0 N–H and O–H groups in total. The molecule has 0 aliphatic rings. The fourth-order valence-corrected chi connectivity index (χ4v) is 9.93. The summed E-state index contributed by atoms with van der Waals surface area (Å²) in [4.78, 5) is 0. The van der Waals surface area contributed by atoms with Gasteiger partial charge in [0.2, 0.25) is 0 Å². The number of rotatable bonds is 38. The minimum absolute atomic E-state index is 0.0603. The average Bonchev–Trinajstić information content (AvgIpc) is 3.10. The van der Waals surface area contributed by atoms with Gasteiger partial charge in [-0.3, -0.25) is 9.13 Å². The van der Waals surface area contributed by atoms with Crippen molar-refractivity contribution < 1.29 is 36.7 Å². The van der Waals surface area contributed by atoms with Gasteiger partial charge in [-0.25, -0.2) is 0 Å². The number of benzene rings is 1.